The minimum absolute atomic E-state index is 0. The molecule has 4 heteroatoms. The van der Waals surface area contributed by atoms with Crippen molar-refractivity contribution >= 4 is 12.4 Å². The molecule has 0 atom stereocenters. The van der Waals surface area contributed by atoms with Crippen LogP contribution in [0.25, 0.3) is 0 Å². The standard InChI is InChI=1S/ClH.Mn.2O/h1H;;;/q;;2*-2. The zero-order valence-corrected chi connectivity index (χ0v) is 3.60. The fraction of sp³-hybridized carbons (Fsp3) is 0. The van der Waals surface area contributed by atoms with Crippen molar-refractivity contribution in [2.45, 2.75) is 0 Å². The van der Waals surface area contributed by atoms with Crippen molar-refractivity contribution in [3.05, 3.63) is 0 Å². The summed E-state index contributed by atoms with van der Waals surface area (Å²) in [5.41, 5.74) is 0. The van der Waals surface area contributed by atoms with Gasteiger partial charge in [0.15, 0.2) is 0 Å². The molecule has 0 bridgehead atoms. The maximum atomic E-state index is 0. The summed E-state index contributed by atoms with van der Waals surface area (Å²) in [6.45, 7) is 0. The van der Waals surface area contributed by atoms with Crippen molar-refractivity contribution in [1.82, 2.24) is 0 Å². The van der Waals surface area contributed by atoms with E-state index in [2.05, 4.69) is 0 Å². The predicted octanol–water partition coefficient (Wildman–Crippen LogP) is 0.182. The van der Waals surface area contributed by atoms with Crippen LogP contribution < -0.4 is 0 Å². The Morgan fingerprint density at radius 2 is 0.750 bits per heavy atom. The van der Waals surface area contributed by atoms with E-state index >= 15 is 0 Å². The topological polar surface area (TPSA) is 57.0 Å². The van der Waals surface area contributed by atoms with Gasteiger partial charge in [-0.05, 0) is 0 Å². The van der Waals surface area contributed by atoms with Crippen LogP contribution in [0.5, 0.6) is 0 Å². The van der Waals surface area contributed by atoms with Gasteiger partial charge in [-0.1, -0.05) is 0 Å². The first-order chi connectivity index (χ1) is 0. The van der Waals surface area contributed by atoms with Gasteiger partial charge in [0.25, 0.3) is 0 Å². The normalized spacial score (nSPS) is 0. The molecule has 0 aromatic rings. The molecule has 0 heterocycles. The van der Waals surface area contributed by atoms with Gasteiger partial charge in [-0.15, -0.1) is 12.4 Å². The molecule has 0 amide bonds. The summed E-state index contributed by atoms with van der Waals surface area (Å²) in [6.07, 6.45) is 0. The van der Waals surface area contributed by atoms with Gasteiger partial charge in [0.05, 0.1) is 0 Å². The van der Waals surface area contributed by atoms with Gasteiger partial charge >= 0.3 is 0 Å². The third-order valence-corrected chi connectivity index (χ3v) is 0. The molecular formula is HClMnO2-4. The summed E-state index contributed by atoms with van der Waals surface area (Å²) in [5.74, 6) is 0. The second-order valence-corrected chi connectivity index (χ2v) is 0. The third kappa shape index (κ3) is 15.3. The van der Waals surface area contributed by atoms with E-state index in [0.717, 1.165) is 0 Å². The van der Waals surface area contributed by atoms with E-state index in [1.54, 1.807) is 0 Å². The summed E-state index contributed by atoms with van der Waals surface area (Å²) in [4.78, 5) is 0. The number of hydrogen-bond donors (Lipinski definition) is 0. The molecule has 0 aliphatic heterocycles. The molecule has 0 aromatic carbocycles. The molecule has 31 valence electrons. The number of halogens is 1. The predicted molar refractivity (Wildman–Crippen MR) is 8.62 cm³/mol. The second kappa shape index (κ2) is 52.2. The first kappa shape index (κ1) is 124. The molecular weight excluding hydrogens is 122 g/mol. The van der Waals surface area contributed by atoms with Crippen LogP contribution in [0.15, 0.2) is 0 Å². The molecule has 0 rings (SSSR count). The fourth-order valence-corrected chi connectivity index (χ4v) is 0. The van der Waals surface area contributed by atoms with Crippen molar-refractivity contribution in [3.8, 4) is 0 Å². The zero-order chi connectivity index (χ0) is 0. The van der Waals surface area contributed by atoms with Gasteiger partial charge in [-0.25, -0.2) is 0 Å². The van der Waals surface area contributed by atoms with E-state index < -0.39 is 0 Å². The van der Waals surface area contributed by atoms with Crippen LogP contribution >= 0.6 is 12.4 Å². The summed E-state index contributed by atoms with van der Waals surface area (Å²) in [6, 6.07) is 0. The van der Waals surface area contributed by atoms with Crippen molar-refractivity contribution in [2.75, 3.05) is 0 Å². The van der Waals surface area contributed by atoms with E-state index in [0.29, 0.717) is 0 Å². The quantitative estimate of drug-likeness (QED) is 0.413. The molecule has 0 saturated heterocycles. The summed E-state index contributed by atoms with van der Waals surface area (Å²) in [5, 5.41) is 0. The Hall–Kier alpha value is 0.729. The van der Waals surface area contributed by atoms with Gasteiger partial charge in [0, 0.05) is 17.1 Å². The molecule has 4 heavy (non-hydrogen) atoms. The van der Waals surface area contributed by atoms with Gasteiger partial charge in [0.1, 0.15) is 0 Å². The third-order valence-electron chi connectivity index (χ3n) is 0. The summed E-state index contributed by atoms with van der Waals surface area (Å²) in [7, 11) is 0. The van der Waals surface area contributed by atoms with E-state index in [-0.39, 0.29) is 40.4 Å². The van der Waals surface area contributed by atoms with E-state index in [4.69, 9.17) is 0 Å². The Morgan fingerprint density at radius 3 is 0.750 bits per heavy atom. The van der Waals surface area contributed by atoms with Crippen LogP contribution in [0.1, 0.15) is 0 Å². The minimum atomic E-state index is 0. The summed E-state index contributed by atoms with van der Waals surface area (Å²) < 4.78 is 0. The van der Waals surface area contributed by atoms with Crippen LogP contribution in [0.2, 0.25) is 0 Å². The van der Waals surface area contributed by atoms with Gasteiger partial charge < -0.3 is 11.0 Å². The number of rotatable bonds is 0. The van der Waals surface area contributed by atoms with Gasteiger partial charge in [-0.3, -0.25) is 0 Å². The van der Waals surface area contributed by atoms with E-state index in [1.807, 2.05) is 0 Å². The molecule has 0 fully saturated rings. The van der Waals surface area contributed by atoms with E-state index in [9.17, 15) is 0 Å². The molecule has 0 N–H and O–H groups in total. The number of hydrogen-bond acceptors (Lipinski definition) is 0. The Balaban J connectivity index is 0. The average molecular weight is 123 g/mol. The molecule has 0 aromatic heterocycles. The van der Waals surface area contributed by atoms with Crippen LogP contribution in [0.4, 0.5) is 0 Å². The van der Waals surface area contributed by atoms with Crippen molar-refractivity contribution in [2.24, 2.45) is 0 Å². The molecule has 0 saturated carbocycles. The Kier molecular flexibility index (Phi) is 1610. The largest absolute Gasteiger partial charge is 2.00 e. The smallest absolute Gasteiger partial charge is 0 e. The van der Waals surface area contributed by atoms with Gasteiger partial charge in [0.2, 0.25) is 0 Å². The Bertz CT molecular complexity index is 6.00. The molecule has 0 spiro atoms. The molecule has 2 nitrogen and oxygen atoms in total. The van der Waals surface area contributed by atoms with Crippen molar-refractivity contribution < 1.29 is 28.0 Å². The first-order valence-corrected chi connectivity index (χ1v) is 0. The molecule has 1 radical (unpaired) electrons. The second-order valence-electron chi connectivity index (χ2n) is 0. The zero-order valence-electron chi connectivity index (χ0n) is 1.60. The Morgan fingerprint density at radius 1 is 0.750 bits per heavy atom. The monoisotopic (exact) mass is 123 g/mol. The van der Waals surface area contributed by atoms with Crippen LogP contribution in [-0.2, 0) is 28.0 Å². The van der Waals surface area contributed by atoms with Crippen LogP contribution in [0.3, 0.4) is 0 Å². The SMILES string of the molecule is Cl.[Mn].[O-2].[O-2]. The molecule has 0 aliphatic carbocycles. The Labute approximate surface area is 41.1 Å². The average Bonchev–Trinajstić information content (AvgIpc) is 0. The summed E-state index contributed by atoms with van der Waals surface area (Å²) >= 11 is 0. The maximum Gasteiger partial charge on any atom is 0 e. The fourth-order valence-electron chi connectivity index (χ4n) is 0. The molecule has 0 unspecified atom stereocenters. The van der Waals surface area contributed by atoms with Crippen molar-refractivity contribution in [3.63, 3.8) is 0 Å². The van der Waals surface area contributed by atoms with E-state index in [1.165, 1.54) is 0 Å². The maximum absolute atomic E-state index is 0. The van der Waals surface area contributed by atoms with Crippen LogP contribution in [-0.4, -0.2) is 0 Å². The van der Waals surface area contributed by atoms with Crippen molar-refractivity contribution in [1.29, 1.82) is 0 Å². The van der Waals surface area contributed by atoms with Gasteiger partial charge in [-0.2, -0.15) is 0 Å². The molecule has 0 aliphatic rings. The first-order valence-electron chi connectivity index (χ1n) is 0. The van der Waals surface area contributed by atoms with Crippen LogP contribution in [0, 0.1) is 0 Å². The minimum Gasteiger partial charge on any atom is -2.00 e.